The Kier molecular flexibility index (Phi) is 3.30. The molecule has 1 saturated heterocycles. The van der Waals surface area contributed by atoms with E-state index in [2.05, 4.69) is 11.8 Å². The summed E-state index contributed by atoms with van der Waals surface area (Å²) in [6, 6.07) is 0.687. The van der Waals surface area contributed by atoms with Crippen LogP contribution in [0, 0.1) is 5.92 Å². The Balaban J connectivity index is 2.32. The highest BCUT2D eigenvalue weighted by Gasteiger charge is 2.26. The fraction of sp³-hybridized carbons (Fsp3) is 1.00. The first-order chi connectivity index (χ1) is 5.27. The van der Waals surface area contributed by atoms with Crippen molar-refractivity contribution in [2.45, 2.75) is 19.4 Å². The fourth-order valence-corrected chi connectivity index (χ4v) is 1.87. The lowest BCUT2D eigenvalue weighted by atomic mass is 10.1. The van der Waals surface area contributed by atoms with Crippen LogP contribution in [0.25, 0.3) is 0 Å². The van der Waals surface area contributed by atoms with Crippen molar-refractivity contribution in [3.8, 4) is 0 Å². The highest BCUT2D eigenvalue weighted by atomic mass is 15.2. The van der Waals surface area contributed by atoms with Crippen LogP contribution in [0.4, 0.5) is 0 Å². The molecule has 0 amide bonds. The maximum atomic E-state index is 5.60. The van der Waals surface area contributed by atoms with Gasteiger partial charge in [-0.25, -0.2) is 0 Å². The summed E-state index contributed by atoms with van der Waals surface area (Å²) in [5, 5.41) is 0. The highest BCUT2D eigenvalue weighted by molar-refractivity contribution is 4.82. The lowest BCUT2D eigenvalue weighted by molar-refractivity contribution is 0.272. The Labute approximate surface area is 68.7 Å². The Morgan fingerprint density at radius 2 is 2.18 bits per heavy atom. The van der Waals surface area contributed by atoms with Crippen molar-refractivity contribution in [2.24, 2.45) is 17.4 Å². The molecule has 0 radical (unpaired) electrons. The molecule has 0 bridgehead atoms. The number of likely N-dealkylation sites (tertiary alicyclic amines) is 1. The standard InChI is InChI=1S/C8H19N3/c1-7-4-8(5-10)6-11(7)3-2-9/h7-8H,2-6,9-10H2,1H3. The normalized spacial score (nSPS) is 33.0. The minimum absolute atomic E-state index is 0.687. The summed E-state index contributed by atoms with van der Waals surface area (Å²) in [6.07, 6.45) is 1.25. The fourth-order valence-electron chi connectivity index (χ4n) is 1.87. The third-order valence-electron chi connectivity index (χ3n) is 2.54. The summed E-state index contributed by atoms with van der Waals surface area (Å²) in [4.78, 5) is 2.43. The van der Waals surface area contributed by atoms with Crippen LogP contribution in [-0.2, 0) is 0 Å². The molecule has 0 saturated carbocycles. The summed E-state index contributed by atoms with van der Waals surface area (Å²) >= 11 is 0. The maximum absolute atomic E-state index is 5.60. The third kappa shape index (κ3) is 2.15. The predicted octanol–water partition coefficient (Wildman–Crippen LogP) is -0.386. The molecular weight excluding hydrogens is 138 g/mol. The SMILES string of the molecule is CC1CC(CN)CN1CCN. The molecular formula is C8H19N3. The van der Waals surface area contributed by atoms with Gasteiger partial charge < -0.3 is 11.5 Å². The molecule has 0 aromatic carbocycles. The molecule has 1 heterocycles. The number of nitrogens with zero attached hydrogens (tertiary/aromatic N) is 1. The Morgan fingerprint density at radius 1 is 1.45 bits per heavy atom. The van der Waals surface area contributed by atoms with E-state index in [0.717, 1.165) is 26.2 Å². The number of hydrogen-bond acceptors (Lipinski definition) is 3. The number of rotatable bonds is 3. The van der Waals surface area contributed by atoms with E-state index in [4.69, 9.17) is 11.5 Å². The average molecular weight is 157 g/mol. The average Bonchev–Trinajstić information content (AvgIpc) is 2.33. The first kappa shape index (κ1) is 8.97. The van der Waals surface area contributed by atoms with Crippen molar-refractivity contribution in [1.29, 1.82) is 0 Å². The van der Waals surface area contributed by atoms with Crippen molar-refractivity contribution in [2.75, 3.05) is 26.2 Å². The number of hydrogen-bond donors (Lipinski definition) is 2. The summed E-state index contributed by atoms with van der Waals surface area (Å²) in [6.45, 7) is 6.02. The molecule has 3 heteroatoms. The lowest BCUT2D eigenvalue weighted by Gasteiger charge is -2.19. The number of nitrogens with two attached hydrogens (primary N) is 2. The zero-order chi connectivity index (χ0) is 8.27. The minimum atomic E-state index is 0.687. The molecule has 2 atom stereocenters. The van der Waals surface area contributed by atoms with Crippen LogP contribution in [-0.4, -0.2) is 37.1 Å². The lowest BCUT2D eigenvalue weighted by Crippen LogP contribution is -2.32. The Bertz CT molecular complexity index is 116. The second-order valence-electron chi connectivity index (χ2n) is 3.47. The van der Waals surface area contributed by atoms with Crippen LogP contribution in [0.3, 0.4) is 0 Å². The van der Waals surface area contributed by atoms with E-state index in [-0.39, 0.29) is 0 Å². The van der Waals surface area contributed by atoms with Crippen LogP contribution in [0.1, 0.15) is 13.3 Å². The molecule has 4 N–H and O–H groups in total. The van der Waals surface area contributed by atoms with Crippen molar-refractivity contribution in [3.63, 3.8) is 0 Å². The Hall–Kier alpha value is -0.120. The van der Waals surface area contributed by atoms with Crippen LogP contribution in [0.2, 0.25) is 0 Å². The van der Waals surface area contributed by atoms with Crippen LogP contribution >= 0.6 is 0 Å². The van der Waals surface area contributed by atoms with Gasteiger partial charge in [-0.05, 0) is 25.8 Å². The quantitative estimate of drug-likeness (QED) is 0.587. The molecule has 1 aliphatic heterocycles. The smallest absolute Gasteiger partial charge is 0.0108 e. The summed E-state index contributed by atoms with van der Waals surface area (Å²) in [5.41, 5.74) is 11.1. The monoisotopic (exact) mass is 157 g/mol. The second-order valence-corrected chi connectivity index (χ2v) is 3.47. The van der Waals surface area contributed by atoms with E-state index in [1.165, 1.54) is 6.42 Å². The van der Waals surface area contributed by atoms with E-state index < -0.39 is 0 Å². The van der Waals surface area contributed by atoms with E-state index in [9.17, 15) is 0 Å². The van der Waals surface area contributed by atoms with Gasteiger partial charge in [-0.15, -0.1) is 0 Å². The summed E-state index contributed by atoms with van der Waals surface area (Å²) in [5.74, 6) is 0.705. The van der Waals surface area contributed by atoms with E-state index in [0.29, 0.717) is 12.0 Å². The molecule has 0 aromatic rings. The molecule has 0 aliphatic carbocycles. The van der Waals surface area contributed by atoms with Gasteiger partial charge in [0, 0.05) is 25.7 Å². The summed E-state index contributed by atoms with van der Waals surface area (Å²) in [7, 11) is 0. The molecule has 0 aromatic heterocycles. The van der Waals surface area contributed by atoms with Gasteiger partial charge in [-0.3, -0.25) is 4.90 Å². The first-order valence-electron chi connectivity index (χ1n) is 4.42. The summed E-state index contributed by atoms with van der Waals surface area (Å²) < 4.78 is 0. The third-order valence-corrected chi connectivity index (χ3v) is 2.54. The van der Waals surface area contributed by atoms with Gasteiger partial charge in [-0.2, -0.15) is 0 Å². The topological polar surface area (TPSA) is 55.3 Å². The molecule has 11 heavy (non-hydrogen) atoms. The van der Waals surface area contributed by atoms with Gasteiger partial charge >= 0.3 is 0 Å². The van der Waals surface area contributed by atoms with Crippen molar-refractivity contribution in [3.05, 3.63) is 0 Å². The highest BCUT2D eigenvalue weighted by Crippen LogP contribution is 2.20. The molecule has 1 rings (SSSR count). The first-order valence-corrected chi connectivity index (χ1v) is 4.42. The van der Waals surface area contributed by atoms with Crippen molar-refractivity contribution < 1.29 is 0 Å². The molecule has 1 fully saturated rings. The largest absolute Gasteiger partial charge is 0.330 e. The van der Waals surface area contributed by atoms with Gasteiger partial charge in [0.25, 0.3) is 0 Å². The molecule has 1 aliphatic rings. The van der Waals surface area contributed by atoms with Crippen LogP contribution < -0.4 is 11.5 Å². The molecule has 66 valence electrons. The van der Waals surface area contributed by atoms with Gasteiger partial charge in [0.05, 0.1) is 0 Å². The predicted molar refractivity (Wildman–Crippen MR) is 47.3 cm³/mol. The zero-order valence-electron chi connectivity index (χ0n) is 7.29. The van der Waals surface area contributed by atoms with Crippen molar-refractivity contribution in [1.82, 2.24) is 4.90 Å². The minimum Gasteiger partial charge on any atom is -0.330 e. The van der Waals surface area contributed by atoms with Gasteiger partial charge in [0.1, 0.15) is 0 Å². The van der Waals surface area contributed by atoms with Crippen LogP contribution in [0.15, 0.2) is 0 Å². The second kappa shape index (κ2) is 4.04. The van der Waals surface area contributed by atoms with Crippen molar-refractivity contribution >= 4 is 0 Å². The Morgan fingerprint density at radius 3 is 2.64 bits per heavy atom. The molecule has 3 nitrogen and oxygen atoms in total. The van der Waals surface area contributed by atoms with E-state index >= 15 is 0 Å². The zero-order valence-corrected chi connectivity index (χ0v) is 7.29. The van der Waals surface area contributed by atoms with E-state index in [1.807, 2.05) is 0 Å². The molecule has 2 unspecified atom stereocenters. The maximum Gasteiger partial charge on any atom is 0.0108 e. The van der Waals surface area contributed by atoms with Gasteiger partial charge in [-0.1, -0.05) is 0 Å². The van der Waals surface area contributed by atoms with E-state index in [1.54, 1.807) is 0 Å². The molecule has 0 spiro atoms. The van der Waals surface area contributed by atoms with Crippen LogP contribution in [0.5, 0.6) is 0 Å². The van der Waals surface area contributed by atoms with Gasteiger partial charge in [0.2, 0.25) is 0 Å². The van der Waals surface area contributed by atoms with Gasteiger partial charge in [0.15, 0.2) is 0 Å².